The van der Waals surface area contributed by atoms with Crippen molar-refractivity contribution in [2.75, 3.05) is 64.3 Å². The smallest absolute Gasteiger partial charge is 0.220 e. The predicted molar refractivity (Wildman–Crippen MR) is 166 cm³/mol. The number of piperidine rings is 1. The largest absolute Gasteiger partial charge is 0.437 e. The first-order valence-electron chi connectivity index (χ1n) is 14.5. The topological polar surface area (TPSA) is 77.0 Å². The van der Waals surface area contributed by atoms with Gasteiger partial charge in [-0.15, -0.1) is 0 Å². The molecule has 0 aliphatic carbocycles. The zero-order valence-corrected chi connectivity index (χ0v) is 25.4. The Labute approximate surface area is 253 Å². The maximum absolute atomic E-state index is 9.67. The Kier molecular flexibility index (Phi) is 10.3. The summed E-state index contributed by atoms with van der Waals surface area (Å²) in [6.07, 6.45) is 3.84. The number of piperazine rings is 1. The number of aliphatic hydroxyl groups excluding tert-OH is 1. The molecule has 10 heteroatoms. The molecule has 3 aromatic rings. The highest BCUT2D eigenvalue weighted by Gasteiger charge is 2.21. The van der Waals surface area contributed by atoms with E-state index in [-0.39, 0.29) is 6.10 Å². The van der Waals surface area contributed by atoms with Crippen LogP contribution in [0, 0.1) is 5.92 Å². The number of hydrogen-bond donors (Lipinski definition) is 2. The molecule has 1 unspecified atom stereocenters. The quantitative estimate of drug-likeness (QED) is 0.331. The van der Waals surface area contributed by atoms with Crippen LogP contribution in [0.5, 0.6) is 11.6 Å². The van der Waals surface area contributed by atoms with Gasteiger partial charge in [-0.05, 0) is 94.3 Å². The van der Waals surface area contributed by atoms with E-state index >= 15 is 0 Å². The molecule has 0 radical (unpaired) electrons. The summed E-state index contributed by atoms with van der Waals surface area (Å²) in [4.78, 5) is 16.6. The molecule has 1 atom stereocenters. The Morgan fingerprint density at radius 3 is 2.34 bits per heavy atom. The monoisotopic (exact) mass is 598 g/mol. The van der Waals surface area contributed by atoms with Crippen molar-refractivity contribution in [3.63, 3.8) is 0 Å². The van der Waals surface area contributed by atoms with E-state index in [2.05, 4.69) is 31.1 Å². The molecule has 2 aliphatic rings. The number of anilines is 1. The van der Waals surface area contributed by atoms with Crippen molar-refractivity contribution in [1.82, 2.24) is 25.1 Å². The summed E-state index contributed by atoms with van der Waals surface area (Å²) < 4.78 is 6.26. The summed E-state index contributed by atoms with van der Waals surface area (Å²) >= 11 is 12.7. The molecule has 2 saturated heterocycles. The molecule has 4 heterocycles. The number of ether oxygens (including phenoxy) is 1. The number of halogens is 2. The molecule has 220 valence electrons. The molecule has 2 N–H and O–H groups in total. The number of β-amino-alcohol motifs (C(OH)–C–C–N with tert-alkyl or cyclic N) is 1. The first-order chi connectivity index (χ1) is 19.8. The Morgan fingerprint density at radius 1 is 0.976 bits per heavy atom. The van der Waals surface area contributed by atoms with Crippen molar-refractivity contribution in [1.29, 1.82) is 0 Å². The van der Waals surface area contributed by atoms with Crippen molar-refractivity contribution >= 4 is 29.0 Å². The van der Waals surface area contributed by atoms with Gasteiger partial charge in [0.1, 0.15) is 11.6 Å². The third-order valence-electron chi connectivity index (χ3n) is 7.79. The van der Waals surface area contributed by atoms with E-state index in [1.165, 1.54) is 12.8 Å². The van der Waals surface area contributed by atoms with Gasteiger partial charge in [-0.25, -0.2) is 9.97 Å². The van der Waals surface area contributed by atoms with Gasteiger partial charge in [-0.2, -0.15) is 0 Å². The minimum Gasteiger partial charge on any atom is -0.437 e. The van der Waals surface area contributed by atoms with Crippen LogP contribution in [-0.4, -0.2) is 90.4 Å². The fraction of sp³-hybridized carbons (Fsp3) is 0.484. The Hall–Kier alpha value is -2.46. The third kappa shape index (κ3) is 8.53. The molecule has 2 aliphatic heterocycles. The van der Waals surface area contributed by atoms with E-state index in [1.54, 1.807) is 12.3 Å². The van der Waals surface area contributed by atoms with Gasteiger partial charge in [0.2, 0.25) is 5.88 Å². The molecule has 2 fully saturated rings. The van der Waals surface area contributed by atoms with Crippen molar-refractivity contribution in [2.24, 2.45) is 5.92 Å². The molecular formula is C31H40Cl2N6O2. The lowest BCUT2D eigenvalue weighted by Crippen LogP contribution is -2.48. The molecule has 0 spiro atoms. The molecule has 0 amide bonds. The zero-order chi connectivity index (χ0) is 28.8. The van der Waals surface area contributed by atoms with Crippen LogP contribution in [0.1, 0.15) is 25.3 Å². The SMILES string of the molecule is CNCC1CCN(Cc2cc(Oc3ccc(N4CCN(CC(C)O)CC4)nc3)nc(-c3cc(Cl)cc(Cl)c3)c2)CC1. The van der Waals surface area contributed by atoms with Gasteiger partial charge in [0.15, 0.2) is 0 Å². The predicted octanol–water partition coefficient (Wildman–Crippen LogP) is 5.18. The number of nitrogens with one attached hydrogen (secondary N) is 1. The number of rotatable bonds is 10. The fourth-order valence-electron chi connectivity index (χ4n) is 5.72. The van der Waals surface area contributed by atoms with E-state index in [0.717, 1.165) is 80.9 Å². The van der Waals surface area contributed by atoms with Crippen LogP contribution in [0.25, 0.3) is 11.3 Å². The van der Waals surface area contributed by atoms with Crippen molar-refractivity contribution in [3.8, 4) is 22.9 Å². The van der Waals surface area contributed by atoms with Gasteiger partial charge in [0.05, 0.1) is 18.0 Å². The summed E-state index contributed by atoms with van der Waals surface area (Å²) in [7, 11) is 2.03. The molecule has 1 aromatic carbocycles. The number of aromatic nitrogens is 2. The van der Waals surface area contributed by atoms with Gasteiger partial charge >= 0.3 is 0 Å². The second kappa shape index (κ2) is 14.1. The molecule has 0 bridgehead atoms. The molecule has 41 heavy (non-hydrogen) atoms. The molecular weight excluding hydrogens is 559 g/mol. The molecule has 0 saturated carbocycles. The van der Waals surface area contributed by atoms with Crippen LogP contribution < -0.4 is 15.0 Å². The van der Waals surface area contributed by atoms with Gasteiger partial charge in [-0.1, -0.05) is 23.2 Å². The number of likely N-dealkylation sites (tertiary alicyclic amines) is 1. The van der Waals surface area contributed by atoms with Gasteiger partial charge in [0.25, 0.3) is 0 Å². The van der Waals surface area contributed by atoms with Crippen molar-refractivity contribution in [3.05, 3.63) is 64.3 Å². The second-order valence-corrected chi connectivity index (χ2v) is 12.1. The highest BCUT2D eigenvalue weighted by Crippen LogP contribution is 2.31. The number of pyridine rings is 2. The Balaban J connectivity index is 1.31. The van der Waals surface area contributed by atoms with E-state index in [1.807, 2.05) is 44.3 Å². The van der Waals surface area contributed by atoms with Crippen LogP contribution in [0.4, 0.5) is 5.82 Å². The lowest BCUT2D eigenvalue weighted by molar-refractivity contribution is 0.122. The van der Waals surface area contributed by atoms with E-state index in [4.69, 9.17) is 32.9 Å². The second-order valence-electron chi connectivity index (χ2n) is 11.2. The first-order valence-corrected chi connectivity index (χ1v) is 15.2. The summed E-state index contributed by atoms with van der Waals surface area (Å²) in [5.74, 6) is 2.81. The van der Waals surface area contributed by atoms with E-state index in [0.29, 0.717) is 28.2 Å². The van der Waals surface area contributed by atoms with Gasteiger partial charge in [-0.3, -0.25) is 9.80 Å². The number of benzene rings is 1. The molecule has 2 aromatic heterocycles. The summed E-state index contributed by atoms with van der Waals surface area (Å²) in [5.41, 5.74) is 2.75. The average molecular weight is 600 g/mol. The van der Waals surface area contributed by atoms with Crippen LogP contribution in [0.3, 0.4) is 0 Å². The maximum atomic E-state index is 9.67. The number of nitrogens with zero attached hydrogens (tertiary/aromatic N) is 5. The average Bonchev–Trinajstić information content (AvgIpc) is 2.94. The summed E-state index contributed by atoms with van der Waals surface area (Å²) in [5, 5.41) is 14.1. The summed E-state index contributed by atoms with van der Waals surface area (Å²) in [6, 6.07) is 13.5. The highest BCUT2D eigenvalue weighted by atomic mass is 35.5. The minimum atomic E-state index is -0.310. The fourth-order valence-corrected chi connectivity index (χ4v) is 6.25. The zero-order valence-electron chi connectivity index (χ0n) is 23.9. The Morgan fingerprint density at radius 2 is 1.71 bits per heavy atom. The van der Waals surface area contributed by atoms with Gasteiger partial charge in [0, 0.05) is 60.9 Å². The molecule has 8 nitrogen and oxygen atoms in total. The Bertz CT molecular complexity index is 1260. The van der Waals surface area contributed by atoms with Crippen molar-refractivity contribution in [2.45, 2.75) is 32.4 Å². The number of hydrogen-bond acceptors (Lipinski definition) is 8. The van der Waals surface area contributed by atoms with Crippen LogP contribution in [-0.2, 0) is 6.54 Å². The minimum absolute atomic E-state index is 0.310. The standard InChI is InChI=1S/C31H40Cl2N6O2/c1-22(40)20-38-9-11-39(12-10-38)30-4-3-28(19-35-30)41-31-14-24(21-37-7-5-23(6-8-37)18-34-2)13-29(36-31)25-15-26(32)17-27(33)16-25/h3-4,13-17,19,22-23,34,40H,5-12,18,20-21H2,1-2H3. The summed E-state index contributed by atoms with van der Waals surface area (Å²) in [6.45, 7) is 10.1. The van der Waals surface area contributed by atoms with Crippen molar-refractivity contribution < 1.29 is 9.84 Å². The number of aliphatic hydroxyl groups is 1. The lowest BCUT2D eigenvalue weighted by Gasteiger charge is -2.35. The third-order valence-corrected chi connectivity index (χ3v) is 8.22. The van der Waals surface area contributed by atoms with Gasteiger partial charge < -0.3 is 20.1 Å². The normalized spacial score (nSPS) is 18.0. The van der Waals surface area contributed by atoms with E-state index in [9.17, 15) is 5.11 Å². The van der Waals surface area contributed by atoms with Crippen LogP contribution in [0.2, 0.25) is 10.0 Å². The molecule has 5 rings (SSSR count). The van der Waals surface area contributed by atoms with E-state index < -0.39 is 0 Å². The van der Waals surface area contributed by atoms with Crippen LogP contribution >= 0.6 is 23.2 Å². The highest BCUT2D eigenvalue weighted by molar-refractivity contribution is 6.35. The first kappa shape index (κ1) is 30.0. The lowest BCUT2D eigenvalue weighted by atomic mass is 9.96. The van der Waals surface area contributed by atoms with Crippen LogP contribution in [0.15, 0.2) is 48.7 Å². The maximum Gasteiger partial charge on any atom is 0.220 e.